The van der Waals surface area contributed by atoms with Crippen LogP contribution in [0.3, 0.4) is 0 Å². The van der Waals surface area contributed by atoms with Crippen molar-refractivity contribution >= 4 is 23.4 Å². The van der Waals surface area contributed by atoms with Crippen molar-refractivity contribution in [1.29, 1.82) is 0 Å². The average Bonchev–Trinajstić information content (AvgIpc) is 2.59. The van der Waals surface area contributed by atoms with Gasteiger partial charge in [0.2, 0.25) is 5.91 Å². The second-order valence-electron chi connectivity index (χ2n) is 6.68. The van der Waals surface area contributed by atoms with Gasteiger partial charge in [0.05, 0.1) is 5.75 Å². The number of alkyl halides is 3. The molecule has 2 rings (SSSR count). The van der Waals surface area contributed by atoms with Crippen LogP contribution in [0.2, 0.25) is 0 Å². The molecule has 1 heterocycles. The van der Waals surface area contributed by atoms with E-state index in [9.17, 15) is 18.0 Å². The summed E-state index contributed by atoms with van der Waals surface area (Å²) in [5.74, 6) is 0.0542. The van der Waals surface area contributed by atoms with Crippen LogP contribution in [0.1, 0.15) is 56.4 Å². The van der Waals surface area contributed by atoms with Crippen molar-refractivity contribution in [2.75, 3.05) is 11.1 Å². The third-order valence-corrected chi connectivity index (χ3v) is 4.76. The average molecular weight is 397 g/mol. The number of rotatable bonds is 6. The minimum Gasteiger partial charge on any atom is -0.325 e. The Morgan fingerprint density at radius 1 is 1.11 bits per heavy atom. The van der Waals surface area contributed by atoms with Gasteiger partial charge >= 0.3 is 6.18 Å². The van der Waals surface area contributed by atoms with Crippen molar-refractivity contribution in [2.45, 2.75) is 50.9 Å². The lowest BCUT2D eigenvalue weighted by atomic mass is 9.92. The van der Waals surface area contributed by atoms with Crippen LogP contribution >= 0.6 is 11.8 Å². The molecule has 0 saturated carbocycles. The van der Waals surface area contributed by atoms with E-state index in [1.807, 2.05) is 45.9 Å². The SMILES string of the molecule is CC(C)c1cccc(C(C)C)c1NC(=O)CSc1nccc(C(F)(F)F)n1. The Bertz CT molecular complexity index is 781. The van der Waals surface area contributed by atoms with Crippen molar-refractivity contribution < 1.29 is 18.0 Å². The number of carbonyl (C=O) groups excluding carboxylic acids is 1. The molecule has 27 heavy (non-hydrogen) atoms. The summed E-state index contributed by atoms with van der Waals surface area (Å²) < 4.78 is 38.1. The molecule has 0 bridgehead atoms. The summed E-state index contributed by atoms with van der Waals surface area (Å²) in [6.07, 6.45) is -3.50. The highest BCUT2D eigenvalue weighted by atomic mass is 32.2. The maximum Gasteiger partial charge on any atom is 0.433 e. The lowest BCUT2D eigenvalue weighted by Crippen LogP contribution is -2.18. The third kappa shape index (κ3) is 5.69. The summed E-state index contributed by atoms with van der Waals surface area (Å²) >= 11 is 0.872. The highest BCUT2D eigenvalue weighted by Gasteiger charge is 2.32. The number of para-hydroxylation sites is 1. The van der Waals surface area contributed by atoms with Gasteiger partial charge in [-0.15, -0.1) is 0 Å². The van der Waals surface area contributed by atoms with Gasteiger partial charge < -0.3 is 5.32 Å². The molecule has 0 saturated heterocycles. The van der Waals surface area contributed by atoms with E-state index in [4.69, 9.17) is 0 Å². The standard InChI is InChI=1S/C19H22F3N3OS/c1-11(2)13-6-5-7-14(12(3)4)17(13)25-16(26)10-27-18-23-9-8-15(24-18)19(20,21)22/h5-9,11-12H,10H2,1-4H3,(H,25,26). The zero-order chi connectivity index (χ0) is 20.2. The van der Waals surface area contributed by atoms with Gasteiger partial charge in [0, 0.05) is 11.9 Å². The summed E-state index contributed by atoms with van der Waals surface area (Å²) in [6, 6.07) is 6.70. The molecule has 0 fully saturated rings. The number of amides is 1. The fraction of sp³-hybridized carbons (Fsp3) is 0.421. The number of halogens is 3. The molecule has 1 amide bonds. The van der Waals surface area contributed by atoms with E-state index >= 15 is 0 Å². The van der Waals surface area contributed by atoms with E-state index in [0.29, 0.717) is 0 Å². The number of benzene rings is 1. The molecule has 4 nitrogen and oxygen atoms in total. The number of nitrogens with one attached hydrogen (secondary N) is 1. The maximum atomic E-state index is 12.7. The minimum atomic E-state index is -4.54. The highest BCUT2D eigenvalue weighted by molar-refractivity contribution is 7.99. The molecular formula is C19H22F3N3OS. The van der Waals surface area contributed by atoms with E-state index < -0.39 is 11.9 Å². The fourth-order valence-corrected chi connectivity index (χ4v) is 3.20. The van der Waals surface area contributed by atoms with E-state index in [0.717, 1.165) is 40.8 Å². The van der Waals surface area contributed by atoms with Crippen molar-refractivity contribution in [1.82, 2.24) is 9.97 Å². The van der Waals surface area contributed by atoms with Crippen LogP contribution < -0.4 is 5.32 Å². The van der Waals surface area contributed by atoms with Gasteiger partial charge in [-0.05, 0) is 29.0 Å². The van der Waals surface area contributed by atoms with Crippen LogP contribution in [0.15, 0.2) is 35.6 Å². The van der Waals surface area contributed by atoms with Crippen LogP contribution in [0.5, 0.6) is 0 Å². The fourth-order valence-electron chi connectivity index (χ4n) is 2.57. The lowest BCUT2D eigenvalue weighted by Gasteiger charge is -2.20. The number of hydrogen-bond acceptors (Lipinski definition) is 4. The number of anilines is 1. The molecule has 0 aliphatic carbocycles. The lowest BCUT2D eigenvalue weighted by molar-refractivity contribution is -0.141. The van der Waals surface area contributed by atoms with Crippen LogP contribution in [0, 0.1) is 0 Å². The zero-order valence-electron chi connectivity index (χ0n) is 15.6. The van der Waals surface area contributed by atoms with Gasteiger partial charge in [-0.1, -0.05) is 57.7 Å². The Kier molecular flexibility index (Phi) is 6.86. The van der Waals surface area contributed by atoms with Crippen molar-refractivity contribution in [3.8, 4) is 0 Å². The third-order valence-electron chi connectivity index (χ3n) is 3.89. The van der Waals surface area contributed by atoms with Crippen LogP contribution in [-0.4, -0.2) is 21.6 Å². The van der Waals surface area contributed by atoms with Gasteiger partial charge in [-0.2, -0.15) is 13.2 Å². The van der Waals surface area contributed by atoms with E-state index in [2.05, 4.69) is 15.3 Å². The number of thioether (sulfide) groups is 1. The Balaban J connectivity index is 2.13. The largest absolute Gasteiger partial charge is 0.433 e. The van der Waals surface area contributed by atoms with Gasteiger partial charge in [-0.25, -0.2) is 9.97 Å². The molecule has 0 atom stereocenters. The molecule has 1 aromatic carbocycles. The molecule has 146 valence electrons. The van der Waals surface area contributed by atoms with Gasteiger partial charge in [0.15, 0.2) is 5.16 Å². The Labute approximate surface area is 161 Å². The highest BCUT2D eigenvalue weighted by Crippen LogP contribution is 2.33. The molecular weight excluding hydrogens is 375 g/mol. The minimum absolute atomic E-state index is 0.0781. The maximum absolute atomic E-state index is 12.7. The molecule has 0 aliphatic heterocycles. The molecule has 2 aromatic rings. The summed E-state index contributed by atoms with van der Waals surface area (Å²) in [5.41, 5.74) is 1.80. The number of nitrogens with zero attached hydrogens (tertiary/aromatic N) is 2. The van der Waals surface area contributed by atoms with E-state index in [-0.39, 0.29) is 28.7 Å². The van der Waals surface area contributed by atoms with Gasteiger partial charge in [-0.3, -0.25) is 4.79 Å². The predicted molar refractivity (Wildman–Crippen MR) is 101 cm³/mol. The van der Waals surface area contributed by atoms with Crippen molar-refractivity contribution in [3.63, 3.8) is 0 Å². The molecule has 1 aromatic heterocycles. The first-order valence-corrected chi connectivity index (χ1v) is 9.53. The summed E-state index contributed by atoms with van der Waals surface area (Å²) in [4.78, 5) is 19.7. The second-order valence-corrected chi connectivity index (χ2v) is 7.62. The van der Waals surface area contributed by atoms with Gasteiger partial charge in [0.25, 0.3) is 0 Å². The monoisotopic (exact) mass is 397 g/mol. The Morgan fingerprint density at radius 3 is 2.22 bits per heavy atom. The quantitative estimate of drug-likeness (QED) is 0.518. The summed E-state index contributed by atoms with van der Waals surface area (Å²) in [5, 5.41) is 2.84. The van der Waals surface area contributed by atoms with E-state index in [1.165, 1.54) is 0 Å². The smallest absolute Gasteiger partial charge is 0.325 e. The van der Waals surface area contributed by atoms with Crippen molar-refractivity contribution in [2.24, 2.45) is 0 Å². The molecule has 8 heteroatoms. The molecule has 0 unspecified atom stereocenters. The number of carbonyl (C=O) groups is 1. The molecule has 0 spiro atoms. The van der Waals surface area contributed by atoms with E-state index in [1.54, 1.807) is 0 Å². The first-order chi connectivity index (χ1) is 12.6. The van der Waals surface area contributed by atoms with Gasteiger partial charge in [0.1, 0.15) is 5.69 Å². The second kappa shape index (κ2) is 8.73. The van der Waals surface area contributed by atoms with Crippen LogP contribution in [0.4, 0.5) is 18.9 Å². The topological polar surface area (TPSA) is 54.9 Å². The predicted octanol–water partition coefficient (Wildman–Crippen LogP) is 5.47. The number of hydrogen-bond donors (Lipinski definition) is 1. The van der Waals surface area contributed by atoms with Crippen molar-refractivity contribution in [3.05, 3.63) is 47.3 Å². The van der Waals surface area contributed by atoms with Crippen LogP contribution in [-0.2, 0) is 11.0 Å². The normalized spacial score (nSPS) is 11.9. The first-order valence-electron chi connectivity index (χ1n) is 8.55. The first kappa shape index (κ1) is 21.2. The summed E-state index contributed by atoms with van der Waals surface area (Å²) in [7, 11) is 0. The number of aromatic nitrogens is 2. The molecule has 0 aliphatic rings. The summed E-state index contributed by atoms with van der Waals surface area (Å²) in [6.45, 7) is 8.17. The van der Waals surface area contributed by atoms with Crippen LogP contribution in [0.25, 0.3) is 0 Å². The molecule has 0 radical (unpaired) electrons. The zero-order valence-corrected chi connectivity index (χ0v) is 16.4. The Hall–Kier alpha value is -2.09. The molecule has 1 N–H and O–H groups in total. The Morgan fingerprint density at radius 2 is 1.70 bits per heavy atom.